The first kappa shape index (κ1) is 22.5. The van der Waals surface area contributed by atoms with Gasteiger partial charge in [0.2, 0.25) is 0 Å². The molecule has 1 aliphatic rings. The van der Waals surface area contributed by atoms with Crippen molar-refractivity contribution >= 4 is 22.2 Å². The van der Waals surface area contributed by atoms with E-state index in [0.29, 0.717) is 34.9 Å². The molecule has 0 aliphatic carbocycles. The van der Waals surface area contributed by atoms with Crippen molar-refractivity contribution in [2.24, 2.45) is 5.73 Å². The van der Waals surface area contributed by atoms with E-state index in [0.717, 1.165) is 22.6 Å². The van der Waals surface area contributed by atoms with Crippen molar-refractivity contribution in [3.05, 3.63) is 65.1 Å². The van der Waals surface area contributed by atoms with E-state index in [1.807, 2.05) is 13.0 Å². The molecule has 3 aromatic rings. The molecule has 0 radical (unpaired) electrons. The number of nitrogens with zero attached hydrogens (tertiary/aromatic N) is 1. The van der Waals surface area contributed by atoms with E-state index in [2.05, 4.69) is 15.6 Å². The van der Waals surface area contributed by atoms with Crippen LogP contribution in [0.15, 0.2) is 42.6 Å². The van der Waals surface area contributed by atoms with Crippen molar-refractivity contribution < 1.29 is 22.7 Å². The summed E-state index contributed by atoms with van der Waals surface area (Å²) in [4.78, 5) is 5.08. The Labute approximate surface area is 186 Å². The number of aromatic nitrogens is 1. The van der Waals surface area contributed by atoms with Crippen LogP contribution in [0.1, 0.15) is 29.5 Å². The maximum atomic E-state index is 14.3. The summed E-state index contributed by atoms with van der Waals surface area (Å²) in [5.74, 6) is -0.599. The molecule has 0 amide bonds. The zero-order chi connectivity index (χ0) is 23.0. The Hall–Kier alpha value is -2.69. The highest BCUT2D eigenvalue weighted by Gasteiger charge is 2.30. The average Bonchev–Trinajstić information content (AvgIpc) is 3.37. The van der Waals surface area contributed by atoms with Crippen LogP contribution >= 0.6 is 11.3 Å². The third kappa shape index (κ3) is 4.72. The highest BCUT2D eigenvalue weighted by molar-refractivity contribution is 7.18. The van der Waals surface area contributed by atoms with E-state index in [4.69, 9.17) is 5.73 Å². The Bertz CT molecular complexity index is 1100. The quantitative estimate of drug-likeness (QED) is 0.393. The summed E-state index contributed by atoms with van der Waals surface area (Å²) in [7, 11) is 0. The number of alkyl halides is 3. The molecular weight excluding hydrogens is 444 g/mol. The normalized spacial score (nSPS) is 17.5. The molecule has 10 heteroatoms. The predicted octanol–water partition coefficient (Wildman–Crippen LogP) is 4.80. The molecule has 2 aromatic carbocycles. The van der Waals surface area contributed by atoms with Crippen molar-refractivity contribution in [3.8, 4) is 10.4 Å². The molecule has 0 bridgehead atoms. The Morgan fingerprint density at radius 3 is 2.69 bits per heavy atom. The first-order valence-corrected chi connectivity index (χ1v) is 10.8. The molecule has 0 saturated carbocycles. The van der Waals surface area contributed by atoms with Crippen LogP contribution in [0.2, 0.25) is 0 Å². The summed E-state index contributed by atoms with van der Waals surface area (Å²) < 4.78 is 52.6. The molecule has 0 unspecified atom stereocenters. The number of hydrogen-bond acceptors (Lipinski definition) is 6. The van der Waals surface area contributed by atoms with Crippen LogP contribution in [0.4, 0.5) is 28.4 Å². The molecule has 170 valence electrons. The van der Waals surface area contributed by atoms with Gasteiger partial charge in [-0.1, -0.05) is 30.4 Å². The highest BCUT2D eigenvalue weighted by Crippen LogP contribution is 2.36. The smallest absolute Gasteiger partial charge is 0.373 e. The molecule has 1 aliphatic heterocycles. The molecule has 0 saturated heterocycles. The van der Waals surface area contributed by atoms with Gasteiger partial charge in [-0.25, -0.2) is 9.37 Å². The Balaban J connectivity index is 1.39. The standard InChI is InChI=1S/C22H22F4N4OS/c1-11(12-2-4-15(5-3-12)22(24,25)26)17(27)9-28-21-29-10-18(32-21)13-6-14-8-19(31)30-20(14)16(23)7-13/h2-7,10-11,17,19,30-31H,8-9,27H2,1H3,(H,28,29)/t11-,17+,19-/m0/s1. The van der Waals surface area contributed by atoms with Gasteiger partial charge in [-0.3, -0.25) is 0 Å². The number of fused-ring (bicyclic) bond motifs is 1. The van der Waals surface area contributed by atoms with Crippen LogP contribution in [-0.2, 0) is 12.6 Å². The lowest BCUT2D eigenvalue weighted by atomic mass is 9.93. The molecular formula is C22H22F4N4OS. The van der Waals surface area contributed by atoms with Crippen LogP contribution < -0.4 is 16.4 Å². The number of anilines is 2. The lowest BCUT2D eigenvalue weighted by Crippen LogP contribution is -2.34. The van der Waals surface area contributed by atoms with Crippen LogP contribution in [-0.4, -0.2) is 28.9 Å². The molecule has 5 nitrogen and oxygen atoms in total. The second-order valence-corrected chi connectivity index (χ2v) is 8.87. The number of thiazole rings is 1. The number of halogens is 4. The van der Waals surface area contributed by atoms with Crippen LogP contribution in [0.5, 0.6) is 0 Å². The monoisotopic (exact) mass is 466 g/mol. The van der Waals surface area contributed by atoms with Gasteiger partial charge in [-0.2, -0.15) is 13.2 Å². The Morgan fingerprint density at radius 2 is 2.00 bits per heavy atom. The van der Waals surface area contributed by atoms with Gasteiger partial charge in [0, 0.05) is 25.2 Å². The Morgan fingerprint density at radius 1 is 1.28 bits per heavy atom. The summed E-state index contributed by atoms with van der Waals surface area (Å²) >= 11 is 1.34. The number of benzene rings is 2. The van der Waals surface area contributed by atoms with E-state index in [-0.39, 0.29) is 12.0 Å². The fraction of sp³-hybridized carbons (Fsp3) is 0.318. The number of nitrogens with one attached hydrogen (secondary N) is 2. The molecule has 5 N–H and O–H groups in total. The van der Waals surface area contributed by atoms with E-state index in [1.165, 1.54) is 29.5 Å². The van der Waals surface area contributed by atoms with Crippen molar-refractivity contribution in [1.29, 1.82) is 0 Å². The number of nitrogens with two attached hydrogens (primary N) is 1. The molecule has 0 spiro atoms. The predicted molar refractivity (Wildman–Crippen MR) is 117 cm³/mol. The molecule has 3 atom stereocenters. The van der Waals surface area contributed by atoms with Gasteiger partial charge in [-0.05, 0) is 46.9 Å². The SMILES string of the molecule is C[C@@H](c1ccc(C(F)(F)F)cc1)[C@H](N)CNc1ncc(-c2cc(F)c3c(c2)C[C@H](O)N3)s1. The van der Waals surface area contributed by atoms with Gasteiger partial charge in [-0.15, -0.1) is 0 Å². The number of hydrogen-bond donors (Lipinski definition) is 4. The maximum Gasteiger partial charge on any atom is 0.416 e. The first-order chi connectivity index (χ1) is 15.1. The van der Waals surface area contributed by atoms with Gasteiger partial charge >= 0.3 is 6.18 Å². The second-order valence-electron chi connectivity index (χ2n) is 7.84. The summed E-state index contributed by atoms with van der Waals surface area (Å²) in [6.45, 7) is 2.22. The van der Waals surface area contributed by atoms with Crippen molar-refractivity contribution in [1.82, 2.24) is 4.98 Å². The number of aliphatic hydroxyl groups is 1. The van der Waals surface area contributed by atoms with Crippen molar-refractivity contribution in [2.75, 3.05) is 17.2 Å². The van der Waals surface area contributed by atoms with Gasteiger partial charge in [0.15, 0.2) is 5.13 Å². The van der Waals surface area contributed by atoms with Crippen LogP contribution in [0.25, 0.3) is 10.4 Å². The van der Waals surface area contributed by atoms with Crippen LogP contribution in [0, 0.1) is 5.82 Å². The first-order valence-electron chi connectivity index (χ1n) is 10.0. The van der Waals surface area contributed by atoms with E-state index in [9.17, 15) is 22.7 Å². The van der Waals surface area contributed by atoms with Gasteiger partial charge in [0.1, 0.15) is 12.0 Å². The van der Waals surface area contributed by atoms with Crippen molar-refractivity contribution in [3.63, 3.8) is 0 Å². The minimum atomic E-state index is -4.37. The zero-order valence-electron chi connectivity index (χ0n) is 17.1. The molecule has 32 heavy (non-hydrogen) atoms. The van der Waals surface area contributed by atoms with Crippen LogP contribution in [0.3, 0.4) is 0 Å². The molecule has 4 rings (SSSR count). The highest BCUT2D eigenvalue weighted by atomic mass is 32.1. The Kier molecular flexibility index (Phi) is 6.11. The second kappa shape index (κ2) is 8.68. The average molecular weight is 467 g/mol. The third-order valence-electron chi connectivity index (χ3n) is 5.58. The topological polar surface area (TPSA) is 83.2 Å². The van der Waals surface area contributed by atoms with E-state index in [1.54, 1.807) is 6.20 Å². The van der Waals surface area contributed by atoms with E-state index < -0.39 is 23.8 Å². The van der Waals surface area contributed by atoms with Gasteiger partial charge < -0.3 is 21.5 Å². The maximum absolute atomic E-state index is 14.3. The minimum Gasteiger partial charge on any atom is -0.373 e. The summed E-state index contributed by atoms with van der Waals surface area (Å²) in [6.07, 6.45) is -3.19. The zero-order valence-corrected chi connectivity index (χ0v) is 17.9. The third-order valence-corrected chi connectivity index (χ3v) is 6.59. The molecule has 0 fully saturated rings. The molecule has 2 heterocycles. The molecule has 1 aromatic heterocycles. The van der Waals surface area contributed by atoms with Gasteiger partial charge in [0.05, 0.1) is 16.1 Å². The minimum absolute atomic E-state index is 0.172. The number of aliphatic hydroxyl groups excluding tert-OH is 1. The summed E-state index contributed by atoms with van der Waals surface area (Å²) in [5.41, 5.74) is 7.98. The summed E-state index contributed by atoms with van der Waals surface area (Å²) in [5, 5.41) is 16.1. The van der Waals surface area contributed by atoms with Gasteiger partial charge in [0.25, 0.3) is 0 Å². The largest absolute Gasteiger partial charge is 0.416 e. The lowest BCUT2D eigenvalue weighted by Gasteiger charge is -2.21. The van der Waals surface area contributed by atoms with Crippen molar-refractivity contribution in [2.45, 2.75) is 37.7 Å². The lowest BCUT2D eigenvalue weighted by molar-refractivity contribution is -0.137. The fourth-order valence-corrected chi connectivity index (χ4v) is 4.46. The summed E-state index contributed by atoms with van der Waals surface area (Å²) in [6, 6.07) is 7.89. The fourth-order valence-electron chi connectivity index (χ4n) is 3.65. The number of rotatable bonds is 6. The van der Waals surface area contributed by atoms with E-state index >= 15 is 0 Å².